The summed E-state index contributed by atoms with van der Waals surface area (Å²) in [5.74, 6) is 0. The van der Waals surface area contributed by atoms with Crippen LogP contribution in [0.4, 0.5) is 5.69 Å². The van der Waals surface area contributed by atoms with Crippen LogP contribution in [0.3, 0.4) is 0 Å². The van der Waals surface area contributed by atoms with Gasteiger partial charge in [-0.05, 0) is 28.8 Å². The van der Waals surface area contributed by atoms with Crippen LogP contribution in [0.25, 0.3) is 0 Å². The van der Waals surface area contributed by atoms with E-state index in [0.717, 1.165) is 38.0 Å². The lowest BCUT2D eigenvalue weighted by molar-refractivity contribution is 0.141. The fourth-order valence-corrected chi connectivity index (χ4v) is 2.11. The van der Waals surface area contributed by atoms with Crippen LogP contribution in [0.5, 0.6) is 0 Å². The zero-order valence-electron chi connectivity index (χ0n) is 12.3. The van der Waals surface area contributed by atoms with Crippen LogP contribution in [0, 0.1) is 0 Å². The van der Waals surface area contributed by atoms with E-state index in [1.807, 2.05) is 0 Å². The predicted octanol–water partition coefficient (Wildman–Crippen LogP) is 3.03. The molecule has 0 radical (unpaired) electrons. The van der Waals surface area contributed by atoms with Crippen LogP contribution in [0.2, 0.25) is 0 Å². The minimum atomic E-state index is -0.0876. The van der Waals surface area contributed by atoms with Crippen molar-refractivity contribution in [2.24, 2.45) is 0 Å². The Morgan fingerprint density at radius 3 is 2.75 bits per heavy atom. The normalized spacial score (nSPS) is 10.8. The van der Waals surface area contributed by atoms with E-state index in [1.54, 1.807) is 6.20 Å². The summed E-state index contributed by atoms with van der Waals surface area (Å²) < 4.78 is 7.50. The highest BCUT2D eigenvalue weighted by molar-refractivity contribution is 9.10. The van der Waals surface area contributed by atoms with Crippen LogP contribution in [-0.2, 0) is 11.3 Å². The summed E-state index contributed by atoms with van der Waals surface area (Å²) in [6.45, 7) is 6.98. The van der Waals surface area contributed by atoms with Crippen molar-refractivity contribution >= 4 is 21.6 Å². The lowest BCUT2D eigenvalue weighted by atomic mass is 10.3. The molecule has 0 atom stereocenters. The van der Waals surface area contributed by atoms with E-state index in [4.69, 9.17) is 4.74 Å². The largest absolute Gasteiger partial charge is 0.380 e. The van der Waals surface area contributed by atoms with E-state index in [2.05, 4.69) is 40.2 Å². The molecule has 1 heterocycles. The second kappa shape index (κ2) is 9.94. The van der Waals surface area contributed by atoms with Gasteiger partial charge in [-0.2, -0.15) is 5.10 Å². The van der Waals surface area contributed by atoms with Gasteiger partial charge >= 0.3 is 0 Å². The topological polar surface area (TPSA) is 56.1 Å². The zero-order valence-corrected chi connectivity index (χ0v) is 13.9. The summed E-state index contributed by atoms with van der Waals surface area (Å²) in [5.41, 5.74) is 0.636. The lowest BCUT2D eigenvalue weighted by Gasteiger charge is -2.10. The number of nitrogens with one attached hydrogen (secondary N) is 1. The van der Waals surface area contributed by atoms with Crippen LogP contribution in [-0.4, -0.2) is 29.5 Å². The molecule has 0 amide bonds. The van der Waals surface area contributed by atoms with E-state index in [0.29, 0.717) is 24.2 Å². The average Bonchev–Trinajstić information content (AvgIpc) is 2.46. The highest BCUT2D eigenvalue weighted by Crippen LogP contribution is 2.15. The van der Waals surface area contributed by atoms with Gasteiger partial charge in [0.15, 0.2) is 0 Å². The lowest BCUT2D eigenvalue weighted by Crippen LogP contribution is -2.25. The van der Waals surface area contributed by atoms with Gasteiger partial charge in [-0.15, -0.1) is 0 Å². The fourth-order valence-electron chi connectivity index (χ4n) is 1.66. The number of hydrogen-bond donors (Lipinski definition) is 1. The van der Waals surface area contributed by atoms with Gasteiger partial charge in [0, 0.05) is 19.7 Å². The summed E-state index contributed by atoms with van der Waals surface area (Å²) in [5, 5.41) is 7.34. The molecule has 1 rings (SSSR count). The highest BCUT2D eigenvalue weighted by Gasteiger charge is 2.07. The summed E-state index contributed by atoms with van der Waals surface area (Å²) in [6, 6.07) is 0. The molecule has 0 unspecified atom stereocenters. The minimum absolute atomic E-state index is 0.0876. The SMILES string of the molecule is CCCCOCCNc1cnn(CCCC)c(=O)c1Br. The molecule has 0 aromatic carbocycles. The number of ether oxygens (including phenoxy) is 1. The predicted molar refractivity (Wildman–Crippen MR) is 85.3 cm³/mol. The van der Waals surface area contributed by atoms with Crippen molar-refractivity contribution in [2.45, 2.75) is 46.1 Å². The van der Waals surface area contributed by atoms with E-state index in [9.17, 15) is 4.79 Å². The van der Waals surface area contributed by atoms with E-state index >= 15 is 0 Å². The number of aromatic nitrogens is 2. The molecule has 1 aromatic heterocycles. The molecule has 1 aromatic rings. The molecule has 1 N–H and O–H groups in total. The second-order valence-corrected chi connectivity index (χ2v) is 5.44. The molecule has 0 saturated heterocycles. The van der Waals surface area contributed by atoms with Crippen LogP contribution in [0.1, 0.15) is 39.5 Å². The smallest absolute Gasteiger partial charge is 0.283 e. The standard InChI is InChI=1S/C14H24BrN3O2/c1-3-5-8-18-14(19)13(15)12(11-17-18)16-7-10-20-9-6-4-2/h11,16H,3-10H2,1-2H3. The summed E-state index contributed by atoms with van der Waals surface area (Å²) in [4.78, 5) is 12.1. The molecule has 114 valence electrons. The van der Waals surface area contributed by atoms with Crippen molar-refractivity contribution in [1.29, 1.82) is 0 Å². The minimum Gasteiger partial charge on any atom is -0.380 e. The number of nitrogens with zero attached hydrogens (tertiary/aromatic N) is 2. The Morgan fingerprint density at radius 1 is 1.30 bits per heavy atom. The fraction of sp³-hybridized carbons (Fsp3) is 0.714. The molecule has 0 aliphatic heterocycles. The maximum Gasteiger partial charge on any atom is 0.283 e. The molecule has 0 spiro atoms. The third-order valence-corrected chi connectivity index (χ3v) is 3.68. The van der Waals surface area contributed by atoms with Crippen molar-refractivity contribution < 1.29 is 4.74 Å². The first-order chi connectivity index (χ1) is 9.70. The summed E-state index contributed by atoms with van der Waals surface area (Å²) in [7, 11) is 0. The average molecular weight is 346 g/mol. The van der Waals surface area contributed by atoms with E-state index < -0.39 is 0 Å². The monoisotopic (exact) mass is 345 g/mol. The van der Waals surface area contributed by atoms with Crippen molar-refractivity contribution in [3.8, 4) is 0 Å². The van der Waals surface area contributed by atoms with Gasteiger partial charge in [0.1, 0.15) is 4.47 Å². The Morgan fingerprint density at radius 2 is 2.05 bits per heavy atom. The van der Waals surface area contributed by atoms with Crippen LogP contribution in [0.15, 0.2) is 15.5 Å². The Balaban J connectivity index is 2.47. The molecule has 6 heteroatoms. The van der Waals surface area contributed by atoms with Crippen molar-refractivity contribution in [2.75, 3.05) is 25.1 Å². The molecule has 0 fully saturated rings. The number of unbranched alkanes of at least 4 members (excludes halogenated alkanes) is 2. The van der Waals surface area contributed by atoms with E-state index in [1.165, 1.54) is 4.68 Å². The number of halogens is 1. The quantitative estimate of drug-likeness (QED) is 0.662. The summed E-state index contributed by atoms with van der Waals surface area (Å²) in [6.07, 6.45) is 5.91. The number of rotatable bonds is 10. The molecule has 0 aliphatic carbocycles. The molecule has 0 saturated carbocycles. The van der Waals surface area contributed by atoms with Crippen molar-refractivity contribution in [1.82, 2.24) is 9.78 Å². The Hall–Kier alpha value is -0.880. The van der Waals surface area contributed by atoms with Crippen LogP contribution >= 0.6 is 15.9 Å². The zero-order chi connectivity index (χ0) is 14.8. The first kappa shape index (κ1) is 17.2. The van der Waals surface area contributed by atoms with Gasteiger partial charge in [-0.1, -0.05) is 26.7 Å². The second-order valence-electron chi connectivity index (χ2n) is 4.65. The van der Waals surface area contributed by atoms with Gasteiger partial charge < -0.3 is 10.1 Å². The van der Waals surface area contributed by atoms with Gasteiger partial charge in [0.05, 0.1) is 18.5 Å². The summed E-state index contributed by atoms with van der Waals surface area (Å²) >= 11 is 3.34. The van der Waals surface area contributed by atoms with Crippen molar-refractivity contribution in [3.05, 3.63) is 21.0 Å². The molecular weight excluding hydrogens is 322 g/mol. The van der Waals surface area contributed by atoms with Crippen molar-refractivity contribution in [3.63, 3.8) is 0 Å². The van der Waals surface area contributed by atoms with Gasteiger partial charge in [-0.25, -0.2) is 4.68 Å². The maximum atomic E-state index is 12.1. The van der Waals surface area contributed by atoms with Gasteiger partial charge in [0.25, 0.3) is 5.56 Å². The van der Waals surface area contributed by atoms with E-state index in [-0.39, 0.29) is 5.56 Å². The van der Waals surface area contributed by atoms with Gasteiger partial charge in [-0.3, -0.25) is 4.79 Å². The first-order valence-corrected chi connectivity index (χ1v) is 8.07. The number of hydrogen-bond acceptors (Lipinski definition) is 4. The third-order valence-electron chi connectivity index (χ3n) is 2.91. The molecule has 5 nitrogen and oxygen atoms in total. The van der Waals surface area contributed by atoms with Crippen LogP contribution < -0.4 is 10.9 Å². The number of anilines is 1. The Kier molecular flexibility index (Phi) is 8.53. The Bertz CT molecular complexity index is 449. The first-order valence-electron chi connectivity index (χ1n) is 7.27. The molecule has 0 bridgehead atoms. The molecule has 20 heavy (non-hydrogen) atoms. The highest BCUT2D eigenvalue weighted by atomic mass is 79.9. The Labute approximate surface area is 128 Å². The molecule has 0 aliphatic rings. The number of aryl methyl sites for hydroxylation is 1. The van der Waals surface area contributed by atoms with Gasteiger partial charge in [0.2, 0.25) is 0 Å². The molecular formula is C14H24BrN3O2. The maximum absolute atomic E-state index is 12.1. The third kappa shape index (κ3) is 5.63.